The van der Waals surface area contributed by atoms with Crippen molar-refractivity contribution < 1.29 is 18.3 Å². The highest BCUT2D eigenvalue weighted by atomic mass is 32.2. The summed E-state index contributed by atoms with van der Waals surface area (Å²) >= 11 is 0. The van der Waals surface area contributed by atoms with E-state index in [9.17, 15) is 9.00 Å². The van der Waals surface area contributed by atoms with Crippen molar-refractivity contribution >= 4 is 16.9 Å². The van der Waals surface area contributed by atoms with Crippen molar-refractivity contribution in [2.75, 3.05) is 19.5 Å². The first-order valence-electron chi connectivity index (χ1n) is 8.09. The van der Waals surface area contributed by atoms with Gasteiger partial charge in [0.1, 0.15) is 5.76 Å². The van der Waals surface area contributed by atoms with E-state index in [4.69, 9.17) is 9.26 Å². The molecule has 0 spiro atoms. The average Bonchev–Trinajstić information content (AvgIpc) is 3.01. The Bertz CT molecular complexity index is 616. The fourth-order valence-corrected chi connectivity index (χ4v) is 5.14. The maximum absolute atomic E-state index is 12.4. The van der Waals surface area contributed by atoms with E-state index in [2.05, 4.69) is 14.8 Å². The van der Waals surface area contributed by atoms with Crippen molar-refractivity contribution in [2.24, 2.45) is 0 Å². The van der Waals surface area contributed by atoms with E-state index in [0.29, 0.717) is 31.0 Å². The number of amides is 1. The lowest BCUT2D eigenvalue weighted by Crippen LogP contribution is -2.50. The molecule has 4 rings (SSSR count). The highest BCUT2D eigenvalue weighted by molar-refractivity contribution is 7.81. The van der Waals surface area contributed by atoms with Crippen molar-refractivity contribution in [1.29, 1.82) is 0 Å². The van der Waals surface area contributed by atoms with Crippen LogP contribution in [0.3, 0.4) is 0 Å². The van der Waals surface area contributed by atoms with E-state index >= 15 is 0 Å². The molecule has 4 atom stereocenters. The lowest BCUT2D eigenvalue weighted by Gasteiger charge is -2.37. The van der Waals surface area contributed by atoms with Gasteiger partial charge in [0.2, 0.25) is 0 Å². The van der Waals surface area contributed by atoms with Gasteiger partial charge in [0.25, 0.3) is 5.91 Å². The first kappa shape index (κ1) is 15.3. The molecule has 2 bridgehead atoms. The zero-order chi connectivity index (χ0) is 16.0. The van der Waals surface area contributed by atoms with E-state index < -0.39 is 11.0 Å². The highest BCUT2D eigenvalue weighted by Gasteiger charge is 2.43. The van der Waals surface area contributed by atoms with Crippen LogP contribution in [0.5, 0.6) is 0 Å². The van der Waals surface area contributed by atoms with Crippen LogP contribution in [-0.2, 0) is 15.7 Å². The average molecular weight is 339 g/mol. The third-order valence-electron chi connectivity index (χ3n) is 5.10. The maximum Gasteiger partial charge on any atom is 0.273 e. The largest absolute Gasteiger partial charge is 0.380 e. The number of carbonyl (C=O) groups is 1. The van der Waals surface area contributed by atoms with E-state index in [-0.39, 0.29) is 17.9 Å². The molecule has 1 N–H and O–H groups in total. The number of piperidine rings is 1. The summed E-state index contributed by atoms with van der Waals surface area (Å²) in [6.45, 7) is 1.26. The third kappa shape index (κ3) is 2.83. The molecule has 4 heterocycles. The predicted octanol–water partition coefficient (Wildman–Crippen LogP) is 0.807. The summed E-state index contributed by atoms with van der Waals surface area (Å²) in [5.41, 5.74) is 0.334. The number of carbonyl (C=O) groups excluding carboxylic acids is 1. The number of ether oxygens (including phenoxy) is 1. The minimum Gasteiger partial charge on any atom is -0.380 e. The first-order valence-corrected chi connectivity index (χ1v) is 9.60. The topological polar surface area (TPSA) is 84.7 Å². The van der Waals surface area contributed by atoms with Crippen molar-refractivity contribution in [1.82, 2.24) is 14.8 Å². The number of hydrogen-bond acceptors (Lipinski definition) is 5. The van der Waals surface area contributed by atoms with Crippen molar-refractivity contribution in [2.45, 2.75) is 49.7 Å². The molecule has 0 radical (unpaired) electrons. The summed E-state index contributed by atoms with van der Waals surface area (Å²) in [5.74, 6) is 0.760. The molecule has 8 heteroatoms. The van der Waals surface area contributed by atoms with Crippen LogP contribution < -0.4 is 5.32 Å². The van der Waals surface area contributed by atoms with Crippen LogP contribution >= 0.6 is 0 Å². The molecule has 3 aliphatic rings. The second-order valence-electron chi connectivity index (χ2n) is 6.66. The van der Waals surface area contributed by atoms with Gasteiger partial charge in [-0.05, 0) is 25.7 Å². The van der Waals surface area contributed by atoms with Gasteiger partial charge in [0.05, 0.1) is 30.1 Å². The second-order valence-corrected chi connectivity index (χ2v) is 7.93. The van der Waals surface area contributed by atoms with Crippen LogP contribution in [0, 0.1) is 0 Å². The molecular weight excluding hydrogens is 318 g/mol. The summed E-state index contributed by atoms with van der Waals surface area (Å²) < 4.78 is 24.3. The van der Waals surface area contributed by atoms with Gasteiger partial charge in [-0.1, -0.05) is 5.16 Å². The molecule has 1 amide bonds. The van der Waals surface area contributed by atoms with Crippen molar-refractivity contribution in [3.8, 4) is 0 Å². The van der Waals surface area contributed by atoms with E-state index in [1.165, 1.54) is 0 Å². The molecule has 3 unspecified atom stereocenters. The Labute approximate surface area is 137 Å². The van der Waals surface area contributed by atoms with E-state index in [0.717, 1.165) is 31.4 Å². The Morgan fingerprint density at radius 2 is 2.04 bits per heavy atom. The van der Waals surface area contributed by atoms with Crippen LogP contribution in [-0.4, -0.2) is 57.2 Å². The summed E-state index contributed by atoms with van der Waals surface area (Å²) in [5, 5.41) is 6.95. The molecule has 1 aromatic rings. The number of aromatic nitrogens is 1. The van der Waals surface area contributed by atoms with Crippen LogP contribution in [0.15, 0.2) is 10.6 Å². The highest BCUT2D eigenvalue weighted by Crippen LogP contribution is 2.36. The van der Waals surface area contributed by atoms with Gasteiger partial charge in [-0.25, -0.2) is 8.51 Å². The molecular formula is C15H21N3O4S. The first-order chi connectivity index (χ1) is 11.1. The van der Waals surface area contributed by atoms with E-state index in [1.807, 2.05) is 0 Å². The third-order valence-corrected chi connectivity index (χ3v) is 6.29. The van der Waals surface area contributed by atoms with Gasteiger partial charge < -0.3 is 14.6 Å². The SMILES string of the molecule is CS(=O)N1C2CC[C@@H]1CC(NC(=O)c1cc(C3COC3)on1)C2. The number of rotatable bonds is 4. The number of hydrogen-bond donors (Lipinski definition) is 1. The normalized spacial score (nSPS) is 32.5. The van der Waals surface area contributed by atoms with Crippen LogP contribution in [0.2, 0.25) is 0 Å². The second kappa shape index (κ2) is 5.99. The van der Waals surface area contributed by atoms with Crippen LogP contribution in [0.1, 0.15) is 47.8 Å². The molecule has 0 aliphatic carbocycles. The number of nitrogens with zero attached hydrogens (tertiary/aromatic N) is 2. The Kier molecular flexibility index (Phi) is 3.98. The van der Waals surface area contributed by atoms with Crippen molar-refractivity contribution in [3.05, 3.63) is 17.5 Å². The number of nitrogens with one attached hydrogen (secondary N) is 1. The van der Waals surface area contributed by atoms with Gasteiger partial charge in [-0.2, -0.15) is 0 Å². The van der Waals surface area contributed by atoms with Gasteiger partial charge in [0, 0.05) is 30.4 Å². The Morgan fingerprint density at radius 3 is 2.61 bits per heavy atom. The number of fused-ring (bicyclic) bond motifs is 2. The minimum absolute atomic E-state index is 0.118. The molecule has 3 aliphatic heterocycles. The lowest BCUT2D eigenvalue weighted by atomic mass is 9.99. The van der Waals surface area contributed by atoms with Crippen LogP contribution in [0.4, 0.5) is 0 Å². The minimum atomic E-state index is -0.929. The predicted molar refractivity (Wildman–Crippen MR) is 83.3 cm³/mol. The quantitative estimate of drug-likeness (QED) is 0.877. The van der Waals surface area contributed by atoms with E-state index in [1.54, 1.807) is 12.3 Å². The fraction of sp³-hybridized carbons (Fsp3) is 0.733. The molecule has 7 nitrogen and oxygen atoms in total. The fourth-order valence-electron chi connectivity index (χ4n) is 3.92. The summed E-state index contributed by atoms with van der Waals surface area (Å²) in [6, 6.07) is 2.45. The Hall–Kier alpha value is -1.25. The van der Waals surface area contributed by atoms with Gasteiger partial charge in [0.15, 0.2) is 5.69 Å². The van der Waals surface area contributed by atoms with Crippen molar-refractivity contribution in [3.63, 3.8) is 0 Å². The smallest absolute Gasteiger partial charge is 0.273 e. The molecule has 3 fully saturated rings. The molecule has 126 valence electrons. The summed E-state index contributed by atoms with van der Waals surface area (Å²) in [4.78, 5) is 12.4. The molecule has 23 heavy (non-hydrogen) atoms. The zero-order valence-corrected chi connectivity index (χ0v) is 13.9. The van der Waals surface area contributed by atoms with Gasteiger partial charge in [-0.3, -0.25) is 4.79 Å². The standard InChI is InChI=1S/C15H21N3O4S/c1-23(20)18-11-2-3-12(18)5-10(4-11)16-15(19)13-6-14(22-17-13)9-7-21-8-9/h6,9-12H,2-5,7-8H2,1H3,(H,16,19)/t10?,11-,12?,23?/m1/s1. The lowest BCUT2D eigenvalue weighted by molar-refractivity contribution is -0.00228. The summed E-state index contributed by atoms with van der Waals surface area (Å²) in [6.07, 6.45) is 5.57. The maximum atomic E-state index is 12.4. The molecule has 0 aromatic carbocycles. The Balaban J connectivity index is 1.38. The zero-order valence-electron chi connectivity index (χ0n) is 13.1. The van der Waals surface area contributed by atoms with Crippen LogP contribution in [0.25, 0.3) is 0 Å². The molecule has 0 saturated carbocycles. The molecule has 3 saturated heterocycles. The summed E-state index contributed by atoms with van der Waals surface area (Å²) in [7, 11) is -0.929. The molecule has 1 aromatic heterocycles. The Morgan fingerprint density at radius 1 is 1.35 bits per heavy atom. The van der Waals surface area contributed by atoms with Gasteiger partial charge >= 0.3 is 0 Å². The van der Waals surface area contributed by atoms with Gasteiger partial charge in [-0.15, -0.1) is 0 Å². The monoisotopic (exact) mass is 339 g/mol.